The SMILES string of the molecule is CCC(CN)NC(=O)Nc1ccc(OC(F)(F)F)cc1. The molecule has 0 fully saturated rings. The number of halogens is 3. The van der Waals surface area contributed by atoms with Crippen LogP contribution in [0.2, 0.25) is 0 Å². The molecule has 0 saturated carbocycles. The Bertz CT molecular complexity index is 431. The molecule has 1 aromatic carbocycles. The molecule has 20 heavy (non-hydrogen) atoms. The smallest absolute Gasteiger partial charge is 0.406 e. The summed E-state index contributed by atoms with van der Waals surface area (Å²) in [5.41, 5.74) is 5.79. The van der Waals surface area contributed by atoms with Crippen molar-refractivity contribution < 1.29 is 22.7 Å². The first-order chi connectivity index (χ1) is 9.34. The lowest BCUT2D eigenvalue weighted by molar-refractivity contribution is -0.274. The Morgan fingerprint density at radius 2 is 1.95 bits per heavy atom. The largest absolute Gasteiger partial charge is 0.573 e. The summed E-state index contributed by atoms with van der Waals surface area (Å²) in [6, 6.07) is 4.23. The van der Waals surface area contributed by atoms with E-state index in [4.69, 9.17) is 5.73 Å². The van der Waals surface area contributed by atoms with E-state index in [1.54, 1.807) is 0 Å². The summed E-state index contributed by atoms with van der Waals surface area (Å²) in [6.45, 7) is 2.18. The van der Waals surface area contributed by atoms with Crippen LogP contribution in [0, 0.1) is 0 Å². The molecule has 1 aromatic rings. The maximum Gasteiger partial charge on any atom is 0.573 e. The molecule has 1 unspecified atom stereocenters. The Balaban J connectivity index is 2.55. The van der Waals surface area contributed by atoms with Gasteiger partial charge in [-0.25, -0.2) is 4.79 Å². The molecular formula is C12H16F3N3O2. The lowest BCUT2D eigenvalue weighted by Crippen LogP contribution is -2.41. The monoisotopic (exact) mass is 291 g/mol. The lowest BCUT2D eigenvalue weighted by Gasteiger charge is -2.15. The van der Waals surface area contributed by atoms with E-state index in [9.17, 15) is 18.0 Å². The summed E-state index contributed by atoms with van der Waals surface area (Å²) < 4.78 is 39.6. The third kappa shape index (κ3) is 5.79. The Labute approximate surface area is 114 Å². The number of nitrogens with two attached hydrogens (primary N) is 1. The van der Waals surface area contributed by atoms with E-state index >= 15 is 0 Å². The number of anilines is 1. The summed E-state index contributed by atoms with van der Waals surface area (Å²) in [4.78, 5) is 11.6. The first kappa shape index (κ1) is 16.1. The molecule has 5 nitrogen and oxygen atoms in total. The maximum atomic E-state index is 12.0. The number of rotatable bonds is 5. The van der Waals surface area contributed by atoms with Crippen LogP contribution < -0.4 is 21.1 Å². The standard InChI is InChI=1S/C12H16F3N3O2/c1-2-8(7-16)17-11(19)18-9-3-5-10(6-4-9)20-12(13,14)15/h3-6,8H,2,7,16H2,1H3,(H2,17,18,19). The van der Waals surface area contributed by atoms with Crippen LogP contribution in [-0.2, 0) is 0 Å². The summed E-state index contributed by atoms with van der Waals surface area (Å²) in [5, 5.41) is 5.12. The van der Waals surface area contributed by atoms with Gasteiger partial charge >= 0.3 is 12.4 Å². The highest BCUT2D eigenvalue weighted by Gasteiger charge is 2.30. The molecule has 0 aliphatic rings. The van der Waals surface area contributed by atoms with Crippen molar-refractivity contribution >= 4 is 11.7 Å². The summed E-state index contributed by atoms with van der Waals surface area (Å²) in [5.74, 6) is -0.350. The zero-order chi connectivity index (χ0) is 15.2. The third-order valence-electron chi connectivity index (χ3n) is 2.46. The van der Waals surface area contributed by atoms with Gasteiger partial charge in [-0.3, -0.25) is 0 Å². The van der Waals surface area contributed by atoms with Gasteiger partial charge < -0.3 is 21.1 Å². The molecule has 0 aliphatic carbocycles. The van der Waals surface area contributed by atoms with Crippen LogP contribution in [0.1, 0.15) is 13.3 Å². The summed E-state index contributed by atoms with van der Waals surface area (Å²) in [7, 11) is 0. The molecule has 112 valence electrons. The van der Waals surface area contributed by atoms with Gasteiger partial charge in [-0.05, 0) is 30.7 Å². The van der Waals surface area contributed by atoms with Gasteiger partial charge in [-0.15, -0.1) is 13.2 Å². The highest BCUT2D eigenvalue weighted by atomic mass is 19.4. The number of carbonyl (C=O) groups excluding carboxylic acids is 1. The molecule has 0 heterocycles. The molecule has 2 amide bonds. The van der Waals surface area contributed by atoms with E-state index in [2.05, 4.69) is 15.4 Å². The van der Waals surface area contributed by atoms with Crippen molar-refractivity contribution in [3.63, 3.8) is 0 Å². The molecular weight excluding hydrogens is 275 g/mol. The minimum atomic E-state index is -4.73. The first-order valence-electron chi connectivity index (χ1n) is 5.97. The van der Waals surface area contributed by atoms with E-state index in [0.717, 1.165) is 12.1 Å². The Morgan fingerprint density at radius 3 is 2.40 bits per heavy atom. The zero-order valence-corrected chi connectivity index (χ0v) is 10.8. The van der Waals surface area contributed by atoms with Gasteiger partial charge in [0.25, 0.3) is 0 Å². The number of nitrogens with one attached hydrogen (secondary N) is 2. The van der Waals surface area contributed by atoms with Crippen molar-refractivity contribution in [2.24, 2.45) is 5.73 Å². The van der Waals surface area contributed by atoms with E-state index in [1.807, 2.05) is 6.92 Å². The fourth-order valence-corrected chi connectivity index (χ4v) is 1.42. The maximum absolute atomic E-state index is 12.0. The van der Waals surface area contributed by atoms with E-state index in [-0.39, 0.29) is 11.8 Å². The second-order valence-corrected chi connectivity index (χ2v) is 4.01. The van der Waals surface area contributed by atoms with Gasteiger partial charge in [-0.2, -0.15) is 0 Å². The molecule has 4 N–H and O–H groups in total. The van der Waals surface area contributed by atoms with Crippen LogP contribution in [0.5, 0.6) is 5.75 Å². The lowest BCUT2D eigenvalue weighted by atomic mass is 10.2. The molecule has 0 spiro atoms. The van der Waals surface area contributed by atoms with E-state index in [1.165, 1.54) is 12.1 Å². The average molecular weight is 291 g/mol. The van der Waals surface area contributed by atoms with Crippen LogP contribution >= 0.6 is 0 Å². The molecule has 1 atom stereocenters. The zero-order valence-electron chi connectivity index (χ0n) is 10.8. The van der Waals surface area contributed by atoms with Gasteiger partial charge in [0, 0.05) is 18.3 Å². The predicted octanol–water partition coefficient (Wildman–Crippen LogP) is 2.44. The van der Waals surface area contributed by atoms with Gasteiger partial charge in [0.15, 0.2) is 0 Å². The van der Waals surface area contributed by atoms with Gasteiger partial charge in [-0.1, -0.05) is 6.92 Å². The average Bonchev–Trinajstić information content (AvgIpc) is 2.36. The Morgan fingerprint density at radius 1 is 1.35 bits per heavy atom. The second-order valence-electron chi connectivity index (χ2n) is 4.01. The van der Waals surface area contributed by atoms with Crippen molar-refractivity contribution in [3.05, 3.63) is 24.3 Å². The fourth-order valence-electron chi connectivity index (χ4n) is 1.42. The number of benzene rings is 1. The number of carbonyl (C=O) groups is 1. The van der Waals surface area contributed by atoms with Crippen LogP contribution in [0.15, 0.2) is 24.3 Å². The Hall–Kier alpha value is -1.96. The molecule has 8 heteroatoms. The quantitative estimate of drug-likeness (QED) is 0.780. The van der Waals surface area contributed by atoms with Crippen molar-refractivity contribution in [3.8, 4) is 5.75 Å². The van der Waals surface area contributed by atoms with E-state index < -0.39 is 12.4 Å². The first-order valence-corrected chi connectivity index (χ1v) is 5.97. The number of alkyl halides is 3. The predicted molar refractivity (Wildman–Crippen MR) is 68.4 cm³/mol. The van der Waals surface area contributed by atoms with Crippen molar-refractivity contribution in [1.29, 1.82) is 0 Å². The van der Waals surface area contributed by atoms with Gasteiger partial charge in [0.2, 0.25) is 0 Å². The van der Waals surface area contributed by atoms with Crippen LogP contribution in [0.25, 0.3) is 0 Å². The summed E-state index contributed by atoms with van der Waals surface area (Å²) in [6.07, 6.45) is -4.05. The normalized spacial score (nSPS) is 12.7. The summed E-state index contributed by atoms with van der Waals surface area (Å²) >= 11 is 0. The fraction of sp³-hybridized carbons (Fsp3) is 0.417. The molecule has 0 aliphatic heterocycles. The van der Waals surface area contributed by atoms with Crippen molar-refractivity contribution in [2.75, 3.05) is 11.9 Å². The highest BCUT2D eigenvalue weighted by molar-refractivity contribution is 5.89. The van der Waals surface area contributed by atoms with Crippen LogP contribution in [0.4, 0.5) is 23.7 Å². The minimum Gasteiger partial charge on any atom is -0.406 e. The minimum absolute atomic E-state index is 0.150. The van der Waals surface area contributed by atoms with Crippen LogP contribution in [0.3, 0.4) is 0 Å². The molecule has 0 aromatic heterocycles. The second kappa shape index (κ2) is 6.99. The van der Waals surface area contributed by atoms with Gasteiger partial charge in [0.05, 0.1) is 0 Å². The van der Waals surface area contributed by atoms with Crippen molar-refractivity contribution in [2.45, 2.75) is 25.7 Å². The number of hydrogen-bond acceptors (Lipinski definition) is 3. The highest BCUT2D eigenvalue weighted by Crippen LogP contribution is 2.23. The third-order valence-corrected chi connectivity index (χ3v) is 2.46. The number of hydrogen-bond donors (Lipinski definition) is 3. The van der Waals surface area contributed by atoms with Crippen LogP contribution in [-0.4, -0.2) is 25.0 Å². The van der Waals surface area contributed by atoms with Crippen molar-refractivity contribution in [1.82, 2.24) is 5.32 Å². The number of amides is 2. The topological polar surface area (TPSA) is 76.4 Å². The molecule has 1 rings (SSSR count). The Kier molecular flexibility index (Phi) is 5.63. The number of ether oxygens (including phenoxy) is 1. The molecule has 0 saturated heterocycles. The number of urea groups is 1. The molecule has 0 radical (unpaired) electrons. The molecule has 0 bridgehead atoms. The van der Waals surface area contributed by atoms with E-state index in [0.29, 0.717) is 18.7 Å². The van der Waals surface area contributed by atoms with Gasteiger partial charge in [0.1, 0.15) is 5.75 Å².